The number of nitrogens with two attached hydrogens (primary N) is 1. The third kappa shape index (κ3) is 4.14. The molecule has 4 nitrogen and oxygen atoms in total. The van der Waals surface area contributed by atoms with Crippen LogP contribution in [0.5, 0.6) is 5.75 Å². The number of amides is 1. The fourth-order valence-electron chi connectivity index (χ4n) is 1.89. The molecule has 1 amide bonds. The van der Waals surface area contributed by atoms with Crippen LogP contribution in [0.25, 0.3) is 0 Å². The Morgan fingerprint density at radius 3 is 2.83 bits per heavy atom. The van der Waals surface area contributed by atoms with Gasteiger partial charge in [-0.15, -0.1) is 0 Å². The summed E-state index contributed by atoms with van der Waals surface area (Å²) in [6.45, 7) is -0.0773. The van der Waals surface area contributed by atoms with Gasteiger partial charge in [0.1, 0.15) is 5.75 Å². The van der Waals surface area contributed by atoms with E-state index in [0.717, 1.165) is 5.69 Å². The molecule has 0 radical (unpaired) electrons. The molecule has 1 aliphatic rings. The van der Waals surface area contributed by atoms with Crippen LogP contribution in [0.15, 0.2) is 24.3 Å². The number of primary amides is 1. The predicted octanol–water partition coefficient (Wildman–Crippen LogP) is 1.86. The van der Waals surface area contributed by atoms with Gasteiger partial charge >= 0.3 is 0 Å². The molecule has 2 rings (SSSR count). The highest BCUT2D eigenvalue weighted by atomic mass is 32.2. The molecule has 0 saturated carbocycles. The fourth-order valence-corrected chi connectivity index (χ4v) is 2.96. The molecular formula is C13H18N2O2S. The average Bonchev–Trinajstić information content (AvgIpc) is 2.39. The number of carbonyl (C=O) groups excluding carboxylic acids is 1. The lowest BCUT2D eigenvalue weighted by Gasteiger charge is -2.23. The molecule has 1 aromatic rings. The van der Waals surface area contributed by atoms with E-state index in [2.05, 4.69) is 5.32 Å². The lowest BCUT2D eigenvalue weighted by molar-refractivity contribution is -0.119. The fraction of sp³-hybridized carbons (Fsp3) is 0.462. The molecule has 0 aromatic heterocycles. The third-order valence-corrected chi connectivity index (χ3v) is 3.98. The van der Waals surface area contributed by atoms with Crippen molar-refractivity contribution in [1.29, 1.82) is 0 Å². The Bertz CT molecular complexity index is 388. The van der Waals surface area contributed by atoms with E-state index >= 15 is 0 Å². The van der Waals surface area contributed by atoms with E-state index < -0.39 is 5.91 Å². The van der Waals surface area contributed by atoms with Crippen LogP contribution in [-0.4, -0.2) is 30.1 Å². The molecule has 3 N–H and O–H groups in total. The highest BCUT2D eigenvalue weighted by molar-refractivity contribution is 7.99. The Morgan fingerprint density at radius 1 is 1.44 bits per heavy atom. The minimum absolute atomic E-state index is 0.0773. The van der Waals surface area contributed by atoms with Crippen molar-refractivity contribution in [3.8, 4) is 5.75 Å². The first kappa shape index (κ1) is 13.1. The maximum atomic E-state index is 10.6. The number of hydrogen-bond donors (Lipinski definition) is 2. The molecule has 1 aliphatic heterocycles. The lowest BCUT2D eigenvalue weighted by Crippen LogP contribution is -2.25. The summed E-state index contributed by atoms with van der Waals surface area (Å²) in [7, 11) is 0. The van der Waals surface area contributed by atoms with Crippen LogP contribution in [0.2, 0.25) is 0 Å². The Morgan fingerprint density at radius 2 is 2.22 bits per heavy atom. The minimum Gasteiger partial charge on any atom is -0.484 e. The molecule has 1 atom stereocenters. The van der Waals surface area contributed by atoms with Crippen molar-refractivity contribution in [2.45, 2.75) is 18.9 Å². The van der Waals surface area contributed by atoms with Gasteiger partial charge in [-0.3, -0.25) is 4.79 Å². The number of thioether (sulfide) groups is 1. The number of anilines is 1. The van der Waals surface area contributed by atoms with Gasteiger partial charge in [0.2, 0.25) is 0 Å². The topological polar surface area (TPSA) is 64.4 Å². The molecule has 98 valence electrons. The van der Waals surface area contributed by atoms with E-state index in [0.29, 0.717) is 11.8 Å². The molecule has 1 aromatic carbocycles. The number of carbonyl (C=O) groups is 1. The number of hydrogen-bond acceptors (Lipinski definition) is 4. The van der Waals surface area contributed by atoms with Crippen LogP contribution in [-0.2, 0) is 4.79 Å². The zero-order valence-corrected chi connectivity index (χ0v) is 11.0. The predicted molar refractivity (Wildman–Crippen MR) is 75.1 cm³/mol. The molecule has 0 spiro atoms. The summed E-state index contributed by atoms with van der Waals surface area (Å²) >= 11 is 2.00. The van der Waals surface area contributed by atoms with Gasteiger partial charge < -0.3 is 15.8 Å². The van der Waals surface area contributed by atoms with Gasteiger partial charge in [-0.05, 0) is 42.9 Å². The minimum atomic E-state index is -0.462. The van der Waals surface area contributed by atoms with Crippen molar-refractivity contribution < 1.29 is 9.53 Å². The van der Waals surface area contributed by atoms with Crippen LogP contribution in [0, 0.1) is 0 Å². The highest BCUT2D eigenvalue weighted by Crippen LogP contribution is 2.22. The van der Waals surface area contributed by atoms with Gasteiger partial charge in [0.15, 0.2) is 6.61 Å². The third-order valence-electron chi connectivity index (χ3n) is 2.77. The van der Waals surface area contributed by atoms with Crippen LogP contribution in [0.3, 0.4) is 0 Å². The van der Waals surface area contributed by atoms with Crippen molar-refractivity contribution in [2.24, 2.45) is 5.73 Å². The number of rotatable bonds is 5. The normalized spacial score (nSPS) is 19.2. The maximum Gasteiger partial charge on any atom is 0.255 e. The van der Waals surface area contributed by atoms with E-state index in [1.165, 1.54) is 24.3 Å². The quantitative estimate of drug-likeness (QED) is 0.854. The van der Waals surface area contributed by atoms with Crippen LogP contribution >= 0.6 is 11.8 Å². The summed E-state index contributed by atoms with van der Waals surface area (Å²) in [5.74, 6) is 2.65. The number of ether oxygens (including phenoxy) is 1. The smallest absolute Gasteiger partial charge is 0.255 e. The van der Waals surface area contributed by atoms with Crippen LogP contribution in [0.4, 0.5) is 5.69 Å². The van der Waals surface area contributed by atoms with Crippen molar-refractivity contribution in [3.05, 3.63) is 24.3 Å². The van der Waals surface area contributed by atoms with Gasteiger partial charge in [-0.25, -0.2) is 0 Å². The van der Waals surface area contributed by atoms with Gasteiger partial charge in [0, 0.05) is 17.5 Å². The Balaban J connectivity index is 1.84. The molecule has 1 fully saturated rings. The Kier molecular flexibility index (Phi) is 4.75. The molecule has 1 unspecified atom stereocenters. The molecule has 5 heteroatoms. The summed E-state index contributed by atoms with van der Waals surface area (Å²) in [6, 6.07) is 8.19. The van der Waals surface area contributed by atoms with Crippen molar-refractivity contribution in [3.63, 3.8) is 0 Å². The maximum absolute atomic E-state index is 10.6. The second kappa shape index (κ2) is 6.54. The Labute approximate surface area is 111 Å². The lowest BCUT2D eigenvalue weighted by atomic mass is 10.1. The molecule has 18 heavy (non-hydrogen) atoms. The van der Waals surface area contributed by atoms with Gasteiger partial charge in [0.25, 0.3) is 5.91 Å². The summed E-state index contributed by atoms with van der Waals surface area (Å²) in [6.07, 6.45) is 2.51. The van der Waals surface area contributed by atoms with Crippen molar-refractivity contribution in [2.75, 3.05) is 23.4 Å². The van der Waals surface area contributed by atoms with Crippen molar-refractivity contribution in [1.82, 2.24) is 0 Å². The van der Waals surface area contributed by atoms with Gasteiger partial charge in [0.05, 0.1) is 0 Å². The average molecular weight is 266 g/mol. The first-order chi connectivity index (χ1) is 8.74. The van der Waals surface area contributed by atoms with E-state index in [1.807, 2.05) is 36.0 Å². The monoisotopic (exact) mass is 266 g/mol. The van der Waals surface area contributed by atoms with E-state index in [-0.39, 0.29) is 6.61 Å². The number of nitrogens with one attached hydrogen (secondary N) is 1. The molecule has 0 aliphatic carbocycles. The Hall–Kier alpha value is -1.36. The van der Waals surface area contributed by atoms with Crippen molar-refractivity contribution >= 4 is 23.4 Å². The van der Waals surface area contributed by atoms with E-state index in [9.17, 15) is 4.79 Å². The summed E-state index contributed by atoms with van der Waals surface area (Å²) in [5, 5.41) is 3.50. The largest absolute Gasteiger partial charge is 0.484 e. The summed E-state index contributed by atoms with van der Waals surface area (Å²) in [4.78, 5) is 10.6. The van der Waals surface area contributed by atoms with Crippen LogP contribution < -0.4 is 15.8 Å². The first-order valence-corrected chi connectivity index (χ1v) is 7.25. The van der Waals surface area contributed by atoms with E-state index in [1.54, 1.807) is 0 Å². The zero-order chi connectivity index (χ0) is 12.8. The standard InChI is InChI=1S/C13H18N2O2S/c14-13(16)8-17-12-5-3-10(4-6-12)15-11-2-1-7-18-9-11/h3-6,11,15H,1-2,7-9H2,(H2,14,16). The summed E-state index contributed by atoms with van der Waals surface area (Å²) < 4.78 is 5.21. The highest BCUT2D eigenvalue weighted by Gasteiger charge is 2.13. The van der Waals surface area contributed by atoms with Gasteiger partial charge in [-0.2, -0.15) is 11.8 Å². The van der Waals surface area contributed by atoms with E-state index in [4.69, 9.17) is 10.5 Å². The molecule has 1 heterocycles. The first-order valence-electron chi connectivity index (χ1n) is 6.09. The molecule has 0 bridgehead atoms. The SMILES string of the molecule is NC(=O)COc1ccc(NC2CCCSC2)cc1. The summed E-state index contributed by atoms with van der Waals surface area (Å²) in [5.41, 5.74) is 6.11. The second-order valence-electron chi connectivity index (χ2n) is 4.34. The number of benzene rings is 1. The second-order valence-corrected chi connectivity index (χ2v) is 5.49. The molecule has 1 saturated heterocycles. The zero-order valence-electron chi connectivity index (χ0n) is 10.2. The van der Waals surface area contributed by atoms with Crippen LogP contribution in [0.1, 0.15) is 12.8 Å². The molecular weight excluding hydrogens is 248 g/mol. The van der Waals surface area contributed by atoms with Gasteiger partial charge in [-0.1, -0.05) is 0 Å².